The molecular weight excluding hydrogens is 198 g/mol. The number of nitrogens with zero attached hydrogens (tertiary/aromatic N) is 3. The van der Waals surface area contributed by atoms with Gasteiger partial charge < -0.3 is 5.11 Å². The van der Waals surface area contributed by atoms with Crippen LogP contribution < -0.4 is 0 Å². The van der Waals surface area contributed by atoms with Crippen molar-refractivity contribution < 1.29 is 5.11 Å². The number of aliphatic hydroxyl groups excluding tert-OH is 1. The zero-order valence-corrected chi connectivity index (χ0v) is 8.50. The lowest BCUT2D eigenvalue weighted by Crippen LogP contribution is -1.96. The monoisotopic (exact) mass is 209 g/mol. The molecule has 1 aromatic rings. The molecule has 2 rings (SSSR count). The number of aliphatic hydroxyl groups is 1. The number of fused-ring (bicyclic) bond motifs is 1. The van der Waals surface area contributed by atoms with Crippen molar-refractivity contribution in [2.24, 2.45) is 5.11 Å². The molecule has 14 heavy (non-hydrogen) atoms. The fourth-order valence-corrected chi connectivity index (χ4v) is 3.04. The summed E-state index contributed by atoms with van der Waals surface area (Å²) in [5.41, 5.74) is 9.70. The largest absolute Gasteiger partial charge is 0.396 e. The van der Waals surface area contributed by atoms with Crippen LogP contribution in [0.1, 0.15) is 27.8 Å². The van der Waals surface area contributed by atoms with Crippen LogP contribution in [0.4, 0.5) is 0 Å². The van der Waals surface area contributed by atoms with Gasteiger partial charge >= 0.3 is 0 Å². The van der Waals surface area contributed by atoms with Crippen molar-refractivity contribution in [3.63, 3.8) is 0 Å². The van der Waals surface area contributed by atoms with E-state index in [2.05, 4.69) is 16.1 Å². The quantitative estimate of drug-likeness (QED) is 0.464. The van der Waals surface area contributed by atoms with Crippen LogP contribution in [0.2, 0.25) is 0 Å². The Morgan fingerprint density at radius 2 is 2.50 bits per heavy atom. The molecule has 1 aromatic heterocycles. The Kier molecular flexibility index (Phi) is 2.72. The first-order valence-corrected chi connectivity index (χ1v) is 5.43. The van der Waals surface area contributed by atoms with Crippen LogP contribution in [0, 0.1) is 0 Å². The lowest BCUT2D eigenvalue weighted by molar-refractivity contribution is 0.269. The van der Waals surface area contributed by atoms with Gasteiger partial charge in [0.15, 0.2) is 0 Å². The highest BCUT2D eigenvalue weighted by Gasteiger charge is 2.18. The van der Waals surface area contributed by atoms with E-state index in [0.717, 1.165) is 17.7 Å². The molecule has 0 saturated carbocycles. The van der Waals surface area contributed by atoms with Gasteiger partial charge in [-0.25, -0.2) is 0 Å². The minimum absolute atomic E-state index is 0.108. The summed E-state index contributed by atoms with van der Waals surface area (Å²) in [6.07, 6.45) is 3.49. The van der Waals surface area contributed by atoms with Gasteiger partial charge in [-0.2, -0.15) is 0 Å². The number of rotatable bonds is 3. The Morgan fingerprint density at radius 1 is 1.64 bits per heavy atom. The maximum atomic E-state index is 9.04. The van der Waals surface area contributed by atoms with Gasteiger partial charge in [-0.3, -0.25) is 0 Å². The average molecular weight is 209 g/mol. The summed E-state index contributed by atoms with van der Waals surface area (Å²) in [5.74, 6) is 0. The molecule has 0 aliphatic heterocycles. The minimum atomic E-state index is -0.393. The second-order valence-corrected chi connectivity index (χ2v) is 4.52. The van der Waals surface area contributed by atoms with E-state index in [4.69, 9.17) is 10.6 Å². The highest BCUT2D eigenvalue weighted by atomic mass is 32.1. The van der Waals surface area contributed by atoms with Gasteiger partial charge in [0.2, 0.25) is 0 Å². The molecule has 4 nitrogen and oxygen atoms in total. The van der Waals surface area contributed by atoms with Crippen molar-refractivity contribution in [1.82, 2.24) is 0 Å². The minimum Gasteiger partial charge on any atom is -0.396 e. The molecule has 0 amide bonds. The second kappa shape index (κ2) is 4.00. The summed E-state index contributed by atoms with van der Waals surface area (Å²) in [6, 6.07) is 1.68. The van der Waals surface area contributed by atoms with E-state index < -0.39 is 6.04 Å². The summed E-state index contributed by atoms with van der Waals surface area (Å²) in [7, 11) is 0. The molecule has 1 unspecified atom stereocenters. The molecule has 74 valence electrons. The third-order valence-corrected chi connectivity index (χ3v) is 3.80. The molecule has 1 aliphatic carbocycles. The third-order valence-electron chi connectivity index (χ3n) is 2.46. The molecule has 1 atom stereocenters. The van der Waals surface area contributed by atoms with E-state index in [1.54, 1.807) is 11.3 Å². The molecule has 5 heteroatoms. The summed E-state index contributed by atoms with van der Waals surface area (Å²) in [4.78, 5) is 5.13. The highest BCUT2D eigenvalue weighted by Crippen LogP contribution is 2.34. The van der Waals surface area contributed by atoms with E-state index in [-0.39, 0.29) is 6.61 Å². The van der Waals surface area contributed by atoms with Gasteiger partial charge in [0.25, 0.3) is 0 Å². The van der Waals surface area contributed by atoms with E-state index in [9.17, 15) is 0 Å². The summed E-state index contributed by atoms with van der Waals surface area (Å²) in [5, 5.41) is 12.6. The molecule has 0 fully saturated rings. The molecule has 0 radical (unpaired) electrons. The highest BCUT2D eigenvalue weighted by molar-refractivity contribution is 7.12. The van der Waals surface area contributed by atoms with Crippen LogP contribution in [-0.4, -0.2) is 11.7 Å². The first-order valence-electron chi connectivity index (χ1n) is 4.61. The number of hydrogen-bond acceptors (Lipinski definition) is 3. The molecule has 1 N–H and O–H groups in total. The molecule has 0 bridgehead atoms. The zero-order chi connectivity index (χ0) is 9.97. The van der Waals surface area contributed by atoms with Crippen molar-refractivity contribution in [3.8, 4) is 0 Å². The van der Waals surface area contributed by atoms with E-state index >= 15 is 0 Å². The molecule has 1 heterocycles. The van der Waals surface area contributed by atoms with Crippen LogP contribution in [0.3, 0.4) is 0 Å². The van der Waals surface area contributed by atoms with Gasteiger partial charge in [0, 0.05) is 14.7 Å². The predicted octanol–water partition coefficient (Wildman–Crippen LogP) is 2.58. The lowest BCUT2D eigenvalue weighted by Gasteiger charge is -2.03. The average Bonchev–Trinajstić information content (AvgIpc) is 2.73. The zero-order valence-electron chi connectivity index (χ0n) is 7.68. The summed E-state index contributed by atoms with van der Waals surface area (Å²) < 4.78 is 0. The van der Waals surface area contributed by atoms with Crippen molar-refractivity contribution in [1.29, 1.82) is 0 Å². The van der Waals surface area contributed by atoms with Gasteiger partial charge in [-0.05, 0) is 36.4 Å². The predicted molar refractivity (Wildman–Crippen MR) is 55.3 cm³/mol. The van der Waals surface area contributed by atoms with Crippen LogP contribution in [0.15, 0.2) is 11.2 Å². The fourth-order valence-electron chi connectivity index (χ4n) is 1.76. The Hall–Kier alpha value is -1.03. The van der Waals surface area contributed by atoms with Crippen LogP contribution in [0.25, 0.3) is 10.4 Å². The van der Waals surface area contributed by atoms with Crippen molar-refractivity contribution >= 4 is 11.3 Å². The molecule has 0 saturated heterocycles. The normalized spacial score (nSPS) is 16.1. The molecular formula is C9H11N3OS. The van der Waals surface area contributed by atoms with Crippen LogP contribution in [-0.2, 0) is 12.8 Å². The SMILES string of the molecule is [N-]=[N+]=NC(CO)c1cc2c(s1)CCC2. The van der Waals surface area contributed by atoms with Crippen molar-refractivity contribution in [3.05, 3.63) is 31.8 Å². The third kappa shape index (κ3) is 1.62. The first kappa shape index (κ1) is 9.52. The Balaban J connectivity index is 2.27. The van der Waals surface area contributed by atoms with Crippen molar-refractivity contribution in [2.75, 3.05) is 6.61 Å². The number of azide groups is 1. The Bertz CT molecular complexity index is 360. The van der Waals surface area contributed by atoms with Crippen molar-refractivity contribution in [2.45, 2.75) is 25.3 Å². The Labute approximate surface area is 85.8 Å². The maximum Gasteiger partial charge on any atom is 0.0949 e. The van der Waals surface area contributed by atoms with Gasteiger partial charge in [-0.15, -0.1) is 11.3 Å². The number of hydrogen-bond donors (Lipinski definition) is 1. The molecule has 0 aromatic carbocycles. The fraction of sp³-hybridized carbons (Fsp3) is 0.556. The van der Waals surface area contributed by atoms with Crippen LogP contribution in [0.5, 0.6) is 0 Å². The van der Waals surface area contributed by atoms with E-state index in [1.165, 1.54) is 16.9 Å². The van der Waals surface area contributed by atoms with E-state index in [1.807, 2.05) is 0 Å². The van der Waals surface area contributed by atoms with Gasteiger partial charge in [-0.1, -0.05) is 5.11 Å². The molecule has 0 spiro atoms. The maximum absolute atomic E-state index is 9.04. The van der Waals surface area contributed by atoms with Gasteiger partial charge in [0.1, 0.15) is 0 Å². The Morgan fingerprint density at radius 3 is 3.14 bits per heavy atom. The van der Waals surface area contributed by atoms with Crippen LogP contribution >= 0.6 is 11.3 Å². The number of aryl methyl sites for hydroxylation is 2. The van der Waals surface area contributed by atoms with Gasteiger partial charge in [0.05, 0.1) is 12.6 Å². The van der Waals surface area contributed by atoms with E-state index in [0.29, 0.717) is 0 Å². The summed E-state index contributed by atoms with van der Waals surface area (Å²) >= 11 is 1.67. The second-order valence-electron chi connectivity index (χ2n) is 3.35. The number of thiophene rings is 1. The first-order chi connectivity index (χ1) is 6.85. The standard InChI is InChI=1S/C9H11N3OS/c10-12-11-7(5-13)9-4-6-2-1-3-8(6)14-9/h4,7,13H,1-3,5H2. The lowest BCUT2D eigenvalue weighted by atomic mass is 10.2. The summed E-state index contributed by atoms with van der Waals surface area (Å²) in [6.45, 7) is -0.108. The molecule has 1 aliphatic rings. The smallest absolute Gasteiger partial charge is 0.0949 e. The topological polar surface area (TPSA) is 69.0 Å².